The third-order valence-electron chi connectivity index (χ3n) is 5.83. The zero-order valence-corrected chi connectivity index (χ0v) is 18.5. The van der Waals surface area contributed by atoms with Crippen molar-refractivity contribution in [3.05, 3.63) is 76.2 Å². The van der Waals surface area contributed by atoms with Gasteiger partial charge in [-0.1, -0.05) is 51.0 Å². The van der Waals surface area contributed by atoms with E-state index in [1.807, 2.05) is 21.4 Å². The van der Waals surface area contributed by atoms with Gasteiger partial charge in [0, 0.05) is 42.9 Å². The molecular formula is C25H34N4O. The van der Waals surface area contributed by atoms with Crippen LogP contribution in [-0.4, -0.2) is 14.1 Å². The van der Waals surface area contributed by atoms with E-state index >= 15 is 0 Å². The second-order valence-corrected chi connectivity index (χ2v) is 7.96. The molecule has 0 aliphatic rings. The molecule has 160 valence electrons. The van der Waals surface area contributed by atoms with E-state index in [1.54, 1.807) is 6.20 Å². The lowest BCUT2D eigenvalue weighted by Crippen LogP contribution is -2.28. The molecule has 0 amide bonds. The molecule has 0 spiro atoms. The van der Waals surface area contributed by atoms with E-state index in [9.17, 15) is 4.79 Å². The maximum absolute atomic E-state index is 13.1. The van der Waals surface area contributed by atoms with Gasteiger partial charge in [-0.15, -0.1) is 0 Å². The van der Waals surface area contributed by atoms with Gasteiger partial charge in [0.15, 0.2) is 0 Å². The predicted molar refractivity (Wildman–Crippen MR) is 124 cm³/mol. The fourth-order valence-electron chi connectivity index (χ4n) is 3.96. The summed E-state index contributed by atoms with van der Waals surface area (Å²) in [6, 6.07) is 10.4. The number of imidazole rings is 1. The van der Waals surface area contributed by atoms with Crippen LogP contribution in [0.3, 0.4) is 0 Å². The van der Waals surface area contributed by atoms with Gasteiger partial charge in [-0.2, -0.15) is 0 Å². The summed E-state index contributed by atoms with van der Waals surface area (Å²) in [5, 5.41) is 0. The molecule has 3 rings (SSSR count). The first kappa shape index (κ1) is 22.0. The molecule has 0 aliphatic carbocycles. The number of nitrogens with two attached hydrogens (primary N) is 1. The van der Waals surface area contributed by atoms with Crippen molar-refractivity contribution in [2.24, 2.45) is 5.73 Å². The number of benzene rings is 1. The minimum Gasteiger partial charge on any atom is -0.326 e. The highest BCUT2D eigenvalue weighted by molar-refractivity contribution is 5.66. The van der Waals surface area contributed by atoms with E-state index in [0.29, 0.717) is 6.54 Å². The first-order valence-electron chi connectivity index (χ1n) is 11.1. The highest BCUT2D eigenvalue weighted by Gasteiger charge is 2.18. The van der Waals surface area contributed by atoms with Crippen LogP contribution in [0.2, 0.25) is 0 Å². The molecular weight excluding hydrogens is 372 g/mol. The van der Waals surface area contributed by atoms with Crippen molar-refractivity contribution in [3.8, 4) is 11.1 Å². The molecule has 1 aromatic carbocycles. The molecule has 0 saturated carbocycles. The van der Waals surface area contributed by atoms with Gasteiger partial charge in [-0.3, -0.25) is 14.1 Å². The zero-order chi connectivity index (χ0) is 21.5. The van der Waals surface area contributed by atoms with Crippen molar-refractivity contribution in [2.75, 3.05) is 0 Å². The quantitative estimate of drug-likeness (QED) is 0.519. The molecule has 0 bridgehead atoms. The molecule has 0 saturated heterocycles. The average Bonchev–Trinajstić information content (AvgIpc) is 3.10. The Labute approximate surface area is 179 Å². The van der Waals surface area contributed by atoms with Crippen LogP contribution in [0.15, 0.2) is 53.7 Å². The highest BCUT2D eigenvalue weighted by Crippen LogP contribution is 2.26. The molecule has 0 aliphatic heterocycles. The Morgan fingerprint density at radius 1 is 1.07 bits per heavy atom. The smallest absolute Gasteiger partial charge is 0.326 e. The van der Waals surface area contributed by atoms with Crippen molar-refractivity contribution < 1.29 is 0 Å². The first-order chi connectivity index (χ1) is 14.6. The fraction of sp³-hybridized carbons (Fsp3) is 0.440. The van der Waals surface area contributed by atoms with Gasteiger partial charge >= 0.3 is 5.69 Å². The van der Waals surface area contributed by atoms with Gasteiger partial charge in [0.25, 0.3) is 0 Å². The third kappa shape index (κ3) is 4.73. The molecule has 3 aromatic rings. The predicted octanol–water partition coefficient (Wildman–Crippen LogP) is 4.92. The number of hydrogen-bond donors (Lipinski definition) is 1. The van der Waals surface area contributed by atoms with Crippen molar-refractivity contribution in [1.29, 1.82) is 0 Å². The second kappa shape index (κ2) is 10.4. The first-order valence-corrected chi connectivity index (χ1v) is 11.1. The molecule has 0 radical (unpaired) electrons. The monoisotopic (exact) mass is 406 g/mol. The summed E-state index contributed by atoms with van der Waals surface area (Å²) in [5.41, 5.74) is 11.5. The number of unbranched alkanes of at least 4 members (excludes halogenated alkanes) is 2. The molecule has 2 N–H and O–H groups in total. The number of pyridine rings is 1. The molecule has 1 unspecified atom stereocenters. The summed E-state index contributed by atoms with van der Waals surface area (Å²) in [6.07, 6.45) is 11.0. The standard InChI is InChI=1S/C25H34N4O/c1-4-6-8-23-18-28(15-7-5-2)25(30)29(23)19(3)20-9-11-21(12-10-20)24-17-27-14-13-22(24)16-26/h9-14,17-19H,4-8,15-16,26H2,1-3H3. The normalized spacial score (nSPS) is 12.3. The van der Waals surface area contributed by atoms with Crippen LogP contribution >= 0.6 is 0 Å². The van der Waals surface area contributed by atoms with E-state index in [-0.39, 0.29) is 11.7 Å². The highest BCUT2D eigenvalue weighted by atomic mass is 16.1. The Balaban J connectivity index is 1.93. The summed E-state index contributed by atoms with van der Waals surface area (Å²) < 4.78 is 3.87. The van der Waals surface area contributed by atoms with Crippen LogP contribution in [0.5, 0.6) is 0 Å². The summed E-state index contributed by atoms with van der Waals surface area (Å²) in [5.74, 6) is 0. The number of aromatic nitrogens is 3. The van der Waals surface area contributed by atoms with Gasteiger partial charge in [0.05, 0.1) is 6.04 Å². The van der Waals surface area contributed by atoms with Crippen LogP contribution in [0, 0.1) is 0 Å². The van der Waals surface area contributed by atoms with Gasteiger partial charge in [-0.05, 0) is 48.9 Å². The average molecular weight is 407 g/mol. The maximum Gasteiger partial charge on any atom is 0.328 e. The van der Waals surface area contributed by atoms with Crippen LogP contribution in [-0.2, 0) is 19.5 Å². The van der Waals surface area contributed by atoms with Gasteiger partial charge in [-0.25, -0.2) is 4.79 Å². The number of hydrogen-bond acceptors (Lipinski definition) is 3. The Morgan fingerprint density at radius 3 is 2.47 bits per heavy atom. The Morgan fingerprint density at radius 2 is 1.80 bits per heavy atom. The van der Waals surface area contributed by atoms with Crippen LogP contribution in [0.4, 0.5) is 0 Å². The van der Waals surface area contributed by atoms with Crippen LogP contribution in [0.1, 0.15) is 69.3 Å². The molecule has 5 nitrogen and oxygen atoms in total. The number of aryl methyl sites for hydroxylation is 2. The topological polar surface area (TPSA) is 65.8 Å². The summed E-state index contributed by atoms with van der Waals surface area (Å²) in [4.78, 5) is 17.4. The van der Waals surface area contributed by atoms with E-state index in [2.05, 4.69) is 56.2 Å². The van der Waals surface area contributed by atoms with E-state index in [4.69, 9.17) is 5.73 Å². The molecule has 0 fully saturated rings. The Kier molecular flexibility index (Phi) is 7.63. The fourth-order valence-corrected chi connectivity index (χ4v) is 3.96. The molecule has 2 aromatic heterocycles. The lowest BCUT2D eigenvalue weighted by molar-refractivity contribution is 0.546. The summed E-state index contributed by atoms with van der Waals surface area (Å²) in [7, 11) is 0. The minimum atomic E-state index is -0.0100. The van der Waals surface area contributed by atoms with E-state index in [0.717, 1.165) is 66.6 Å². The lowest BCUT2D eigenvalue weighted by Gasteiger charge is -2.17. The van der Waals surface area contributed by atoms with Crippen molar-refractivity contribution >= 4 is 0 Å². The largest absolute Gasteiger partial charge is 0.328 e. The van der Waals surface area contributed by atoms with Crippen molar-refractivity contribution in [1.82, 2.24) is 14.1 Å². The minimum absolute atomic E-state index is 0.0100. The number of rotatable bonds is 10. The Hall–Kier alpha value is -2.66. The van der Waals surface area contributed by atoms with Gasteiger partial charge < -0.3 is 5.73 Å². The molecule has 1 atom stereocenters. The van der Waals surface area contributed by atoms with Crippen molar-refractivity contribution in [3.63, 3.8) is 0 Å². The number of nitrogens with zero attached hydrogens (tertiary/aromatic N) is 3. The third-order valence-corrected chi connectivity index (χ3v) is 5.83. The van der Waals surface area contributed by atoms with Crippen LogP contribution in [0.25, 0.3) is 11.1 Å². The molecule has 5 heteroatoms. The van der Waals surface area contributed by atoms with Crippen LogP contribution < -0.4 is 11.4 Å². The molecule has 2 heterocycles. The maximum atomic E-state index is 13.1. The molecule has 30 heavy (non-hydrogen) atoms. The van der Waals surface area contributed by atoms with Crippen molar-refractivity contribution in [2.45, 2.75) is 72.0 Å². The summed E-state index contributed by atoms with van der Waals surface area (Å²) in [6.45, 7) is 7.73. The Bertz CT molecular complexity index is 1000. The summed E-state index contributed by atoms with van der Waals surface area (Å²) >= 11 is 0. The second-order valence-electron chi connectivity index (χ2n) is 7.96. The lowest BCUT2D eigenvalue weighted by atomic mass is 9.99. The van der Waals surface area contributed by atoms with Gasteiger partial charge in [0.1, 0.15) is 0 Å². The SMILES string of the molecule is CCCCc1cn(CCCC)c(=O)n1C(C)c1ccc(-c2cnccc2CN)cc1. The zero-order valence-electron chi connectivity index (χ0n) is 18.5. The van der Waals surface area contributed by atoms with Gasteiger partial charge in [0.2, 0.25) is 0 Å². The van der Waals surface area contributed by atoms with E-state index < -0.39 is 0 Å². The van der Waals surface area contributed by atoms with E-state index in [1.165, 1.54) is 0 Å².